The molecule has 0 saturated carbocycles. The number of aromatic nitrogens is 2. The van der Waals surface area contributed by atoms with Crippen molar-refractivity contribution in [3.63, 3.8) is 0 Å². The van der Waals surface area contributed by atoms with Crippen molar-refractivity contribution in [1.29, 1.82) is 0 Å². The molecule has 0 radical (unpaired) electrons. The molecule has 1 aromatic carbocycles. The number of hydrogen-bond acceptors (Lipinski definition) is 5. The SMILES string of the molecule is CCn1c(CCC(=O)NCCCNC)nc2cc(S(=O)(=O)N(C)C)ccc21.Cl. The summed E-state index contributed by atoms with van der Waals surface area (Å²) in [5, 5.41) is 5.94. The van der Waals surface area contributed by atoms with Gasteiger partial charge in [-0.15, -0.1) is 12.4 Å². The average molecular weight is 432 g/mol. The van der Waals surface area contributed by atoms with Crippen LogP contribution in [0.2, 0.25) is 0 Å². The van der Waals surface area contributed by atoms with Crippen molar-refractivity contribution in [2.24, 2.45) is 0 Å². The van der Waals surface area contributed by atoms with Gasteiger partial charge >= 0.3 is 0 Å². The maximum absolute atomic E-state index is 12.3. The van der Waals surface area contributed by atoms with Crippen molar-refractivity contribution >= 4 is 39.4 Å². The van der Waals surface area contributed by atoms with Crippen molar-refractivity contribution in [2.45, 2.75) is 37.6 Å². The average Bonchev–Trinajstić information content (AvgIpc) is 3.00. The summed E-state index contributed by atoms with van der Waals surface area (Å²) in [4.78, 5) is 16.8. The number of carbonyl (C=O) groups excluding carboxylic acids is 1. The van der Waals surface area contributed by atoms with Crippen LogP contribution < -0.4 is 10.6 Å². The van der Waals surface area contributed by atoms with Crippen LogP contribution in [0.1, 0.15) is 25.6 Å². The van der Waals surface area contributed by atoms with Gasteiger partial charge in [0, 0.05) is 40.0 Å². The van der Waals surface area contributed by atoms with E-state index in [1.54, 1.807) is 18.2 Å². The Hall–Kier alpha value is -1.68. The van der Waals surface area contributed by atoms with Crippen LogP contribution in [-0.4, -0.2) is 62.4 Å². The number of benzene rings is 1. The normalized spacial score (nSPS) is 11.6. The minimum absolute atomic E-state index is 0. The van der Waals surface area contributed by atoms with Gasteiger partial charge < -0.3 is 15.2 Å². The third kappa shape index (κ3) is 5.66. The van der Waals surface area contributed by atoms with E-state index < -0.39 is 10.0 Å². The number of nitrogens with zero attached hydrogens (tertiary/aromatic N) is 3. The molecule has 1 amide bonds. The van der Waals surface area contributed by atoms with Crippen molar-refractivity contribution < 1.29 is 13.2 Å². The molecule has 28 heavy (non-hydrogen) atoms. The van der Waals surface area contributed by atoms with Crippen molar-refractivity contribution in [3.8, 4) is 0 Å². The second-order valence-electron chi connectivity index (χ2n) is 6.52. The van der Waals surface area contributed by atoms with Crippen LogP contribution in [0.15, 0.2) is 23.1 Å². The zero-order valence-electron chi connectivity index (χ0n) is 16.9. The molecule has 0 aliphatic rings. The van der Waals surface area contributed by atoms with Crippen LogP contribution in [0, 0.1) is 0 Å². The van der Waals surface area contributed by atoms with Gasteiger partial charge in [-0.05, 0) is 45.1 Å². The molecule has 0 aliphatic carbocycles. The van der Waals surface area contributed by atoms with Gasteiger partial charge in [0.15, 0.2) is 0 Å². The van der Waals surface area contributed by atoms with E-state index >= 15 is 0 Å². The summed E-state index contributed by atoms with van der Waals surface area (Å²) in [5.74, 6) is 0.786. The van der Waals surface area contributed by atoms with Gasteiger partial charge in [-0.3, -0.25) is 4.79 Å². The number of sulfonamides is 1. The monoisotopic (exact) mass is 431 g/mol. The second kappa shape index (κ2) is 10.8. The minimum Gasteiger partial charge on any atom is -0.356 e. The third-order valence-corrected chi connectivity index (χ3v) is 6.21. The Balaban J connectivity index is 0.00000392. The number of nitrogens with one attached hydrogen (secondary N) is 2. The molecule has 0 bridgehead atoms. The number of amides is 1. The standard InChI is InChI=1S/C18H29N5O3S.ClH/c1-5-23-16-8-7-14(27(25,26)22(3)4)13-15(16)21-17(23)9-10-18(24)20-12-6-11-19-2;/h7-8,13,19H,5-6,9-12H2,1-4H3,(H,20,24);1H. The number of carbonyl (C=O) groups is 1. The largest absolute Gasteiger partial charge is 0.356 e. The Morgan fingerprint density at radius 2 is 1.96 bits per heavy atom. The molecule has 0 spiro atoms. The quantitative estimate of drug-likeness (QED) is 0.554. The zero-order valence-corrected chi connectivity index (χ0v) is 18.5. The molecular formula is C18H30ClN5O3S. The summed E-state index contributed by atoms with van der Waals surface area (Å²) in [6.45, 7) is 4.22. The van der Waals surface area contributed by atoms with E-state index in [4.69, 9.17) is 0 Å². The third-order valence-electron chi connectivity index (χ3n) is 4.39. The lowest BCUT2D eigenvalue weighted by Gasteiger charge is -2.11. The van der Waals surface area contributed by atoms with E-state index in [0.29, 0.717) is 31.4 Å². The molecule has 158 valence electrons. The maximum Gasteiger partial charge on any atom is 0.242 e. The molecule has 0 aliphatic heterocycles. The van der Waals surface area contributed by atoms with Gasteiger partial charge in [0.2, 0.25) is 15.9 Å². The van der Waals surface area contributed by atoms with E-state index in [-0.39, 0.29) is 23.2 Å². The molecule has 10 heteroatoms. The number of halogens is 1. The summed E-state index contributed by atoms with van der Waals surface area (Å²) in [7, 11) is 1.39. The summed E-state index contributed by atoms with van der Waals surface area (Å²) >= 11 is 0. The van der Waals surface area contributed by atoms with E-state index in [1.807, 2.05) is 18.5 Å². The summed E-state index contributed by atoms with van der Waals surface area (Å²) in [6.07, 6.45) is 1.75. The van der Waals surface area contributed by atoms with Crippen LogP contribution in [0.25, 0.3) is 11.0 Å². The lowest BCUT2D eigenvalue weighted by Crippen LogP contribution is -2.27. The first-order valence-electron chi connectivity index (χ1n) is 9.14. The highest BCUT2D eigenvalue weighted by atomic mass is 35.5. The fraction of sp³-hybridized carbons (Fsp3) is 0.556. The van der Waals surface area contributed by atoms with E-state index in [1.165, 1.54) is 18.4 Å². The Kier molecular flexibility index (Phi) is 9.35. The summed E-state index contributed by atoms with van der Waals surface area (Å²) in [5.41, 5.74) is 1.50. The second-order valence-corrected chi connectivity index (χ2v) is 8.67. The predicted octanol–water partition coefficient (Wildman–Crippen LogP) is 1.39. The van der Waals surface area contributed by atoms with Crippen molar-refractivity contribution in [1.82, 2.24) is 24.5 Å². The molecule has 1 heterocycles. The number of rotatable bonds is 10. The number of aryl methyl sites for hydroxylation is 2. The van der Waals surface area contributed by atoms with Gasteiger partial charge in [0.05, 0.1) is 15.9 Å². The van der Waals surface area contributed by atoms with Crippen LogP contribution in [0.3, 0.4) is 0 Å². The number of hydrogen-bond donors (Lipinski definition) is 2. The lowest BCUT2D eigenvalue weighted by molar-refractivity contribution is -0.121. The van der Waals surface area contributed by atoms with Gasteiger partial charge in [-0.25, -0.2) is 17.7 Å². The van der Waals surface area contributed by atoms with Crippen LogP contribution in [0.5, 0.6) is 0 Å². The highest BCUT2D eigenvalue weighted by Crippen LogP contribution is 2.22. The molecule has 2 N–H and O–H groups in total. The summed E-state index contributed by atoms with van der Waals surface area (Å²) < 4.78 is 27.9. The smallest absolute Gasteiger partial charge is 0.242 e. The fourth-order valence-corrected chi connectivity index (χ4v) is 3.80. The van der Waals surface area contributed by atoms with Crippen molar-refractivity contribution in [2.75, 3.05) is 34.2 Å². The maximum atomic E-state index is 12.3. The number of imidazole rings is 1. The Morgan fingerprint density at radius 1 is 1.25 bits per heavy atom. The molecule has 8 nitrogen and oxygen atoms in total. The van der Waals surface area contributed by atoms with Gasteiger partial charge in [-0.2, -0.15) is 0 Å². The van der Waals surface area contributed by atoms with Gasteiger partial charge in [0.25, 0.3) is 0 Å². The molecule has 1 aromatic heterocycles. The van der Waals surface area contributed by atoms with E-state index in [0.717, 1.165) is 24.3 Å². The predicted molar refractivity (Wildman–Crippen MR) is 113 cm³/mol. The Bertz CT molecular complexity index is 896. The number of fused-ring (bicyclic) bond motifs is 1. The van der Waals surface area contributed by atoms with Crippen LogP contribution in [-0.2, 0) is 27.8 Å². The molecule has 2 aromatic rings. The molecule has 0 saturated heterocycles. The van der Waals surface area contributed by atoms with Crippen molar-refractivity contribution in [3.05, 3.63) is 24.0 Å². The van der Waals surface area contributed by atoms with E-state index in [2.05, 4.69) is 15.6 Å². The van der Waals surface area contributed by atoms with Gasteiger partial charge in [0.1, 0.15) is 5.82 Å². The first kappa shape index (κ1) is 24.4. The lowest BCUT2D eigenvalue weighted by atomic mass is 10.2. The molecule has 0 atom stereocenters. The molecule has 0 fully saturated rings. The van der Waals surface area contributed by atoms with Gasteiger partial charge in [-0.1, -0.05) is 0 Å². The Morgan fingerprint density at radius 3 is 2.57 bits per heavy atom. The highest BCUT2D eigenvalue weighted by Gasteiger charge is 2.19. The minimum atomic E-state index is -3.50. The highest BCUT2D eigenvalue weighted by molar-refractivity contribution is 7.89. The van der Waals surface area contributed by atoms with Crippen LogP contribution >= 0.6 is 12.4 Å². The molecule has 2 rings (SSSR count). The zero-order chi connectivity index (χ0) is 20.0. The first-order chi connectivity index (χ1) is 12.8. The van der Waals surface area contributed by atoms with E-state index in [9.17, 15) is 13.2 Å². The Labute approximate surface area is 173 Å². The first-order valence-corrected chi connectivity index (χ1v) is 10.6. The summed E-state index contributed by atoms with van der Waals surface area (Å²) in [6, 6.07) is 4.98. The van der Waals surface area contributed by atoms with Crippen LogP contribution in [0.4, 0.5) is 0 Å². The fourth-order valence-electron chi connectivity index (χ4n) is 2.88. The molecular weight excluding hydrogens is 402 g/mol. The topological polar surface area (TPSA) is 96.3 Å². The molecule has 0 unspecified atom stereocenters.